The van der Waals surface area contributed by atoms with Gasteiger partial charge >= 0.3 is 0 Å². The first-order chi connectivity index (χ1) is 14.7. The molecule has 4 aromatic rings. The molecule has 2 aromatic carbocycles. The number of nitrogens with one attached hydrogen (secondary N) is 1. The highest BCUT2D eigenvalue weighted by Gasteiger charge is 2.04. The second kappa shape index (κ2) is 9.90. The van der Waals surface area contributed by atoms with Crippen LogP contribution >= 0.6 is 11.6 Å². The van der Waals surface area contributed by atoms with Crippen LogP contribution in [0.1, 0.15) is 43.2 Å². The maximum Gasteiger partial charge on any atom is 0.0737 e. The van der Waals surface area contributed by atoms with Gasteiger partial charge in [-0.1, -0.05) is 43.0 Å². The molecule has 154 valence electrons. The van der Waals surface area contributed by atoms with Crippen molar-refractivity contribution in [1.82, 2.24) is 9.97 Å². The highest BCUT2D eigenvalue weighted by atomic mass is 35.5. The molecule has 0 aliphatic heterocycles. The summed E-state index contributed by atoms with van der Waals surface area (Å²) in [4.78, 5) is 8.91. The molecule has 0 unspecified atom stereocenters. The minimum atomic E-state index is 0.724. The van der Waals surface area contributed by atoms with Crippen LogP contribution in [0.15, 0.2) is 60.9 Å². The van der Waals surface area contributed by atoms with Crippen molar-refractivity contribution in [2.24, 2.45) is 0 Å². The van der Waals surface area contributed by atoms with Crippen LogP contribution < -0.4 is 5.32 Å². The van der Waals surface area contributed by atoms with E-state index in [9.17, 15) is 0 Å². The zero-order valence-corrected chi connectivity index (χ0v) is 18.3. The Morgan fingerprint density at radius 2 is 1.50 bits per heavy atom. The summed E-state index contributed by atoms with van der Waals surface area (Å²) < 4.78 is 0. The van der Waals surface area contributed by atoms with E-state index in [1.807, 2.05) is 36.7 Å². The number of unbranched alkanes of at least 4 members (excludes halogenated alkanes) is 4. The van der Waals surface area contributed by atoms with Gasteiger partial charge in [0.05, 0.1) is 11.0 Å². The predicted octanol–water partition coefficient (Wildman–Crippen LogP) is 7.35. The molecule has 0 radical (unpaired) electrons. The van der Waals surface area contributed by atoms with E-state index in [1.165, 1.54) is 48.6 Å². The van der Waals surface area contributed by atoms with Crippen LogP contribution in [0.5, 0.6) is 0 Å². The van der Waals surface area contributed by atoms with E-state index in [0.29, 0.717) is 0 Å². The molecular formula is C26H28ClN3. The topological polar surface area (TPSA) is 37.8 Å². The highest BCUT2D eigenvalue weighted by molar-refractivity contribution is 6.31. The molecule has 1 N–H and O–H groups in total. The van der Waals surface area contributed by atoms with Crippen molar-refractivity contribution < 1.29 is 0 Å². The lowest BCUT2D eigenvalue weighted by Crippen LogP contribution is -2.02. The molecule has 2 heterocycles. The zero-order valence-electron chi connectivity index (χ0n) is 17.5. The standard InChI is InChI=1S/C26H28ClN3/c1-19-8-10-22-20(12-15-29-25(22)17-19)7-5-3-2-4-6-14-28-24-13-16-30-26-18-21(27)9-11-23(24)26/h8-13,15-18H,2-7,14H2,1H3,(H,28,30). The quantitative estimate of drug-likeness (QED) is 0.289. The third-order valence-electron chi connectivity index (χ3n) is 5.63. The molecule has 0 amide bonds. The number of aryl methyl sites for hydroxylation is 2. The molecule has 2 aromatic heterocycles. The van der Waals surface area contributed by atoms with Crippen molar-refractivity contribution in [3.63, 3.8) is 0 Å². The van der Waals surface area contributed by atoms with E-state index in [4.69, 9.17) is 11.6 Å². The molecule has 0 spiro atoms. The number of fused-ring (bicyclic) bond motifs is 2. The first-order valence-corrected chi connectivity index (χ1v) is 11.2. The van der Waals surface area contributed by atoms with Gasteiger partial charge in [0, 0.05) is 40.4 Å². The molecule has 4 heteroatoms. The number of halogens is 1. The van der Waals surface area contributed by atoms with Gasteiger partial charge in [-0.25, -0.2) is 0 Å². The predicted molar refractivity (Wildman–Crippen MR) is 129 cm³/mol. The number of hydrogen-bond acceptors (Lipinski definition) is 3. The molecule has 0 saturated heterocycles. The molecule has 0 bridgehead atoms. The first-order valence-electron chi connectivity index (χ1n) is 10.8. The smallest absolute Gasteiger partial charge is 0.0737 e. The monoisotopic (exact) mass is 417 g/mol. The van der Waals surface area contributed by atoms with Crippen molar-refractivity contribution in [2.75, 3.05) is 11.9 Å². The molecule has 30 heavy (non-hydrogen) atoms. The average molecular weight is 418 g/mol. The summed E-state index contributed by atoms with van der Waals surface area (Å²) in [6.45, 7) is 3.10. The fraction of sp³-hybridized carbons (Fsp3) is 0.308. The van der Waals surface area contributed by atoms with E-state index in [1.54, 1.807) is 0 Å². The lowest BCUT2D eigenvalue weighted by atomic mass is 10.0. The minimum Gasteiger partial charge on any atom is -0.384 e. The molecule has 0 fully saturated rings. The summed E-state index contributed by atoms with van der Waals surface area (Å²) in [5.41, 5.74) is 5.88. The number of hydrogen-bond donors (Lipinski definition) is 1. The third-order valence-corrected chi connectivity index (χ3v) is 5.87. The Kier molecular flexibility index (Phi) is 6.81. The number of rotatable bonds is 9. The van der Waals surface area contributed by atoms with E-state index in [2.05, 4.69) is 46.5 Å². The van der Waals surface area contributed by atoms with Gasteiger partial charge in [-0.2, -0.15) is 0 Å². The lowest BCUT2D eigenvalue weighted by Gasteiger charge is -2.10. The number of pyridine rings is 2. The van der Waals surface area contributed by atoms with Crippen LogP contribution in [0.25, 0.3) is 21.8 Å². The Hall–Kier alpha value is -2.65. The zero-order chi connectivity index (χ0) is 20.8. The van der Waals surface area contributed by atoms with Gasteiger partial charge in [-0.05, 0) is 73.7 Å². The van der Waals surface area contributed by atoms with Crippen molar-refractivity contribution in [3.05, 3.63) is 77.1 Å². The lowest BCUT2D eigenvalue weighted by molar-refractivity contribution is 0.624. The second-order valence-electron chi connectivity index (χ2n) is 7.96. The Morgan fingerprint density at radius 1 is 0.767 bits per heavy atom. The number of nitrogens with zero attached hydrogens (tertiary/aromatic N) is 2. The maximum absolute atomic E-state index is 6.07. The van der Waals surface area contributed by atoms with E-state index < -0.39 is 0 Å². The number of aromatic nitrogens is 2. The Morgan fingerprint density at radius 3 is 2.40 bits per heavy atom. The van der Waals surface area contributed by atoms with E-state index >= 15 is 0 Å². The molecule has 0 aliphatic rings. The van der Waals surface area contributed by atoms with Gasteiger partial charge in [0.15, 0.2) is 0 Å². The maximum atomic E-state index is 6.07. The van der Waals surface area contributed by atoms with Crippen molar-refractivity contribution in [3.8, 4) is 0 Å². The van der Waals surface area contributed by atoms with Gasteiger partial charge in [-0.3, -0.25) is 9.97 Å². The molecule has 3 nitrogen and oxygen atoms in total. The molecule has 0 saturated carbocycles. The van der Waals surface area contributed by atoms with Gasteiger partial charge in [0.2, 0.25) is 0 Å². The van der Waals surface area contributed by atoms with Gasteiger partial charge in [0.1, 0.15) is 0 Å². The Bertz CT molecular complexity index is 1050. The average Bonchev–Trinajstić information content (AvgIpc) is 2.75. The summed E-state index contributed by atoms with van der Waals surface area (Å²) >= 11 is 6.07. The fourth-order valence-corrected chi connectivity index (χ4v) is 4.17. The van der Waals surface area contributed by atoms with Crippen LogP contribution in [-0.4, -0.2) is 16.5 Å². The summed E-state index contributed by atoms with van der Waals surface area (Å²) in [7, 11) is 0. The van der Waals surface area contributed by atoms with Gasteiger partial charge in [-0.15, -0.1) is 0 Å². The van der Waals surface area contributed by atoms with Crippen molar-refractivity contribution in [1.29, 1.82) is 0 Å². The van der Waals surface area contributed by atoms with Gasteiger partial charge in [0.25, 0.3) is 0 Å². The van der Waals surface area contributed by atoms with Crippen molar-refractivity contribution in [2.45, 2.75) is 45.4 Å². The summed E-state index contributed by atoms with van der Waals surface area (Å²) in [6, 6.07) is 16.7. The van der Waals surface area contributed by atoms with Crippen LogP contribution in [0, 0.1) is 6.92 Å². The Labute approximate surface area is 183 Å². The first kappa shape index (κ1) is 20.6. The van der Waals surface area contributed by atoms with E-state index in [-0.39, 0.29) is 0 Å². The SMILES string of the molecule is Cc1ccc2c(CCCCCCCNc3ccnc4cc(Cl)ccc34)ccnc2c1. The summed E-state index contributed by atoms with van der Waals surface area (Å²) in [6.07, 6.45) is 11.1. The number of anilines is 1. The highest BCUT2D eigenvalue weighted by Crippen LogP contribution is 2.24. The van der Waals surface area contributed by atoms with Crippen LogP contribution in [-0.2, 0) is 6.42 Å². The third kappa shape index (κ3) is 5.09. The normalized spacial score (nSPS) is 11.3. The van der Waals surface area contributed by atoms with Crippen LogP contribution in [0.4, 0.5) is 5.69 Å². The molecular weight excluding hydrogens is 390 g/mol. The summed E-state index contributed by atoms with van der Waals surface area (Å²) in [5, 5.41) is 6.71. The van der Waals surface area contributed by atoms with Crippen LogP contribution in [0.3, 0.4) is 0 Å². The van der Waals surface area contributed by atoms with Crippen LogP contribution in [0.2, 0.25) is 5.02 Å². The molecule has 4 rings (SSSR count). The van der Waals surface area contributed by atoms with Crippen molar-refractivity contribution >= 4 is 39.1 Å². The molecule has 0 aliphatic carbocycles. The minimum absolute atomic E-state index is 0.724. The largest absolute Gasteiger partial charge is 0.384 e. The number of benzene rings is 2. The Balaban J connectivity index is 1.18. The fourth-order valence-electron chi connectivity index (χ4n) is 4.00. The second-order valence-corrected chi connectivity index (χ2v) is 8.39. The molecule has 0 atom stereocenters. The van der Waals surface area contributed by atoms with Gasteiger partial charge < -0.3 is 5.32 Å². The van der Waals surface area contributed by atoms with E-state index in [0.717, 1.165) is 40.1 Å². The summed E-state index contributed by atoms with van der Waals surface area (Å²) in [5.74, 6) is 0.